The van der Waals surface area contributed by atoms with E-state index in [1.165, 1.54) is 6.42 Å². The molecule has 3 heterocycles. The van der Waals surface area contributed by atoms with Crippen LogP contribution in [0.1, 0.15) is 24.6 Å². The quantitative estimate of drug-likeness (QED) is 0.824. The summed E-state index contributed by atoms with van der Waals surface area (Å²) in [6.07, 6.45) is 7.24. The molecule has 1 aliphatic heterocycles. The third-order valence-electron chi connectivity index (χ3n) is 3.54. The zero-order valence-corrected chi connectivity index (χ0v) is 12.1. The molecule has 2 aromatic heterocycles. The van der Waals surface area contributed by atoms with Gasteiger partial charge >= 0.3 is 0 Å². The van der Waals surface area contributed by atoms with Gasteiger partial charge in [-0.15, -0.1) is 0 Å². The van der Waals surface area contributed by atoms with Crippen molar-refractivity contribution in [3.8, 4) is 5.88 Å². The summed E-state index contributed by atoms with van der Waals surface area (Å²) in [4.78, 5) is 14.7. The molecule has 0 amide bonds. The zero-order valence-electron chi connectivity index (χ0n) is 12.1. The minimum absolute atomic E-state index is 0.491. The summed E-state index contributed by atoms with van der Waals surface area (Å²) in [5.74, 6) is 2.44. The van der Waals surface area contributed by atoms with Gasteiger partial charge in [0.1, 0.15) is 0 Å². The van der Waals surface area contributed by atoms with Crippen LogP contribution in [0.3, 0.4) is 0 Å². The lowest BCUT2D eigenvalue weighted by Gasteiger charge is -2.31. The van der Waals surface area contributed by atoms with E-state index < -0.39 is 0 Å². The minimum Gasteiger partial charge on any atom is -0.476 e. The molecule has 0 N–H and O–H groups in total. The van der Waals surface area contributed by atoms with Crippen LogP contribution in [0.2, 0.25) is 0 Å². The maximum absolute atomic E-state index is 5.70. The molecule has 1 atom stereocenters. The van der Waals surface area contributed by atoms with Crippen LogP contribution in [0, 0.1) is 12.8 Å². The van der Waals surface area contributed by atoms with Crippen LogP contribution >= 0.6 is 0 Å². The highest BCUT2D eigenvalue weighted by Crippen LogP contribution is 2.19. The van der Waals surface area contributed by atoms with E-state index in [2.05, 4.69) is 25.0 Å². The van der Waals surface area contributed by atoms with E-state index in [1.54, 1.807) is 18.6 Å². The van der Waals surface area contributed by atoms with Gasteiger partial charge < -0.3 is 9.26 Å². The molecule has 21 heavy (non-hydrogen) atoms. The maximum Gasteiger partial charge on any atom is 0.240 e. The molecule has 1 aliphatic rings. The van der Waals surface area contributed by atoms with E-state index >= 15 is 0 Å². The van der Waals surface area contributed by atoms with Crippen LogP contribution in [-0.2, 0) is 6.54 Å². The molecule has 2 aromatic rings. The number of likely N-dealkylation sites (tertiary alicyclic amines) is 1. The Balaban J connectivity index is 1.49. The molecular formula is C14H19N5O2. The molecule has 0 radical (unpaired) electrons. The highest BCUT2D eigenvalue weighted by Gasteiger charge is 2.22. The summed E-state index contributed by atoms with van der Waals surface area (Å²) in [7, 11) is 0. The average Bonchev–Trinajstić information content (AvgIpc) is 2.92. The van der Waals surface area contributed by atoms with Gasteiger partial charge in [-0.25, -0.2) is 4.98 Å². The third kappa shape index (κ3) is 3.98. The van der Waals surface area contributed by atoms with Crippen molar-refractivity contribution in [2.24, 2.45) is 5.92 Å². The first-order chi connectivity index (χ1) is 10.3. The fourth-order valence-electron chi connectivity index (χ4n) is 2.59. The van der Waals surface area contributed by atoms with Gasteiger partial charge in [-0.1, -0.05) is 5.16 Å². The van der Waals surface area contributed by atoms with Crippen LogP contribution in [0.4, 0.5) is 0 Å². The van der Waals surface area contributed by atoms with Gasteiger partial charge in [0.05, 0.1) is 19.3 Å². The lowest BCUT2D eigenvalue weighted by atomic mass is 9.99. The van der Waals surface area contributed by atoms with Crippen molar-refractivity contribution in [3.63, 3.8) is 0 Å². The van der Waals surface area contributed by atoms with Gasteiger partial charge in [-0.2, -0.15) is 4.98 Å². The number of hydrogen-bond donors (Lipinski definition) is 0. The summed E-state index contributed by atoms with van der Waals surface area (Å²) >= 11 is 0. The van der Waals surface area contributed by atoms with E-state index in [1.807, 2.05) is 6.92 Å². The molecule has 0 spiro atoms. The fraction of sp³-hybridized carbons (Fsp3) is 0.571. The fourth-order valence-corrected chi connectivity index (χ4v) is 2.59. The largest absolute Gasteiger partial charge is 0.476 e. The molecule has 7 heteroatoms. The summed E-state index contributed by atoms with van der Waals surface area (Å²) in [5, 5.41) is 3.82. The van der Waals surface area contributed by atoms with Crippen molar-refractivity contribution in [2.75, 3.05) is 19.7 Å². The Morgan fingerprint density at radius 3 is 3.14 bits per heavy atom. The number of aryl methyl sites for hydroxylation is 1. The van der Waals surface area contributed by atoms with E-state index in [4.69, 9.17) is 9.26 Å². The van der Waals surface area contributed by atoms with Crippen LogP contribution < -0.4 is 4.74 Å². The highest BCUT2D eigenvalue weighted by molar-refractivity contribution is 5.01. The zero-order chi connectivity index (χ0) is 14.5. The Bertz CT molecular complexity index is 560. The first-order valence-corrected chi connectivity index (χ1v) is 7.20. The van der Waals surface area contributed by atoms with Gasteiger partial charge in [0.25, 0.3) is 0 Å². The van der Waals surface area contributed by atoms with Gasteiger partial charge in [0.2, 0.25) is 11.8 Å². The molecule has 0 saturated carbocycles. The minimum atomic E-state index is 0.491. The molecule has 7 nitrogen and oxygen atoms in total. The topological polar surface area (TPSA) is 77.2 Å². The van der Waals surface area contributed by atoms with Crippen molar-refractivity contribution >= 4 is 0 Å². The summed E-state index contributed by atoms with van der Waals surface area (Å²) < 4.78 is 10.9. The molecular weight excluding hydrogens is 270 g/mol. The second-order valence-electron chi connectivity index (χ2n) is 5.33. The Morgan fingerprint density at radius 2 is 2.38 bits per heavy atom. The normalized spacial score (nSPS) is 19.6. The van der Waals surface area contributed by atoms with Crippen LogP contribution in [0.15, 0.2) is 23.1 Å². The summed E-state index contributed by atoms with van der Waals surface area (Å²) in [6.45, 7) is 5.24. The Labute approximate surface area is 123 Å². The number of hydrogen-bond acceptors (Lipinski definition) is 7. The summed E-state index contributed by atoms with van der Waals surface area (Å²) in [5.41, 5.74) is 0. The molecule has 112 valence electrons. The van der Waals surface area contributed by atoms with E-state index in [9.17, 15) is 0 Å². The molecule has 1 unspecified atom stereocenters. The highest BCUT2D eigenvalue weighted by atomic mass is 16.5. The average molecular weight is 289 g/mol. The third-order valence-corrected chi connectivity index (χ3v) is 3.54. The van der Waals surface area contributed by atoms with Gasteiger partial charge in [0.15, 0.2) is 5.82 Å². The summed E-state index contributed by atoms with van der Waals surface area (Å²) in [6, 6.07) is 0. The van der Waals surface area contributed by atoms with Crippen LogP contribution in [0.25, 0.3) is 0 Å². The van der Waals surface area contributed by atoms with Gasteiger partial charge in [-0.3, -0.25) is 9.88 Å². The Hall–Kier alpha value is -2.02. The Morgan fingerprint density at radius 1 is 1.43 bits per heavy atom. The van der Waals surface area contributed by atoms with Crippen molar-refractivity contribution in [1.29, 1.82) is 0 Å². The first-order valence-electron chi connectivity index (χ1n) is 7.20. The number of nitrogens with zero attached hydrogens (tertiary/aromatic N) is 5. The van der Waals surface area contributed by atoms with Gasteiger partial charge in [-0.05, 0) is 26.3 Å². The second kappa shape index (κ2) is 6.62. The van der Waals surface area contributed by atoms with E-state index in [0.717, 1.165) is 19.5 Å². The SMILES string of the molecule is Cc1noc(CN2CCCC(COc3cnccn3)C2)n1. The Kier molecular flexibility index (Phi) is 4.40. The van der Waals surface area contributed by atoms with Crippen molar-refractivity contribution in [3.05, 3.63) is 30.3 Å². The molecule has 1 fully saturated rings. The standard InChI is InChI=1S/C14H19N5O2/c1-11-17-14(21-18-11)9-19-6-2-3-12(8-19)10-20-13-7-15-4-5-16-13/h4-5,7,12H,2-3,6,8-10H2,1H3. The van der Waals surface area contributed by atoms with Crippen LogP contribution in [-0.4, -0.2) is 44.7 Å². The lowest BCUT2D eigenvalue weighted by Crippen LogP contribution is -2.37. The molecule has 0 aromatic carbocycles. The molecule has 3 rings (SSSR count). The lowest BCUT2D eigenvalue weighted by molar-refractivity contribution is 0.113. The van der Waals surface area contributed by atoms with E-state index in [0.29, 0.717) is 36.7 Å². The maximum atomic E-state index is 5.70. The number of aromatic nitrogens is 4. The predicted octanol–water partition coefficient (Wildman–Crippen LogP) is 1.46. The molecule has 0 bridgehead atoms. The van der Waals surface area contributed by atoms with Crippen LogP contribution in [0.5, 0.6) is 5.88 Å². The van der Waals surface area contributed by atoms with Crippen molar-refractivity contribution in [1.82, 2.24) is 25.0 Å². The van der Waals surface area contributed by atoms with Gasteiger partial charge in [0, 0.05) is 24.9 Å². The number of ether oxygens (including phenoxy) is 1. The predicted molar refractivity (Wildman–Crippen MR) is 74.6 cm³/mol. The number of piperidine rings is 1. The number of rotatable bonds is 5. The first kappa shape index (κ1) is 13.9. The van der Waals surface area contributed by atoms with Crippen molar-refractivity contribution < 1.29 is 9.26 Å². The second-order valence-corrected chi connectivity index (χ2v) is 5.33. The smallest absolute Gasteiger partial charge is 0.240 e. The van der Waals surface area contributed by atoms with E-state index in [-0.39, 0.29) is 0 Å². The molecule has 0 aliphatic carbocycles. The monoisotopic (exact) mass is 289 g/mol. The van der Waals surface area contributed by atoms with Crippen molar-refractivity contribution in [2.45, 2.75) is 26.3 Å². The molecule has 1 saturated heterocycles.